The van der Waals surface area contributed by atoms with Crippen LogP contribution in [0.1, 0.15) is 33.1 Å². The molecule has 0 aliphatic carbocycles. The first-order valence-electron chi connectivity index (χ1n) is 5.17. The number of hydrogen-bond donors (Lipinski definition) is 0. The van der Waals surface area contributed by atoms with Crippen molar-refractivity contribution in [3.8, 4) is 0 Å². The number of piperidine rings is 1. The number of carbonyl (C=O) groups excluding carboxylic acids is 1. The van der Waals surface area contributed by atoms with Gasteiger partial charge in [-0.25, -0.2) is 0 Å². The Morgan fingerprint density at radius 1 is 1.23 bits per heavy atom. The second-order valence-electron chi connectivity index (χ2n) is 3.99. The lowest BCUT2D eigenvalue weighted by Crippen LogP contribution is -2.34. The van der Waals surface area contributed by atoms with E-state index >= 15 is 0 Å². The summed E-state index contributed by atoms with van der Waals surface area (Å²) in [5, 5.41) is 0. The highest BCUT2D eigenvalue weighted by molar-refractivity contribution is 5.87. The summed E-state index contributed by atoms with van der Waals surface area (Å²) in [5.41, 5.74) is 0. The van der Waals surface area contributed by atoms with Gasteiger partial charge in [-0.3, -0.25) is 4.79 Å². The van der Waals surface area contributed by atoms with E-state index in [1.165, 1.54) is 19.3 Å². The van der Waals surface area contributed by atoms with Crippen molar-refractivity contribution in [3.63, 3.8) is 0 Å². The van der Waals surface area contributed by atoms with Gasteiger partial charge in [0.15, 0.2) is 0 Å². The zero-order valence-electron chi connectivity index (χ0n) is 8.62. The first-order valence-corrected chi connectivity index (χ1v) is 5.17. The van der Waals surface area contributed by atoms with Crippen LogP contribution in [0.25, 0.3) is 0 Å². The van der Waals surface area contributed by atoms with E-state index in [4.69, 9.17) is 0 Å². The summed E-state index contributed by atoms with van der Waals surface area (Å²) in [7, 11) is 0. The summed E-state index contributed by atoms with van der Waals surface area (Å²) in [6, 6.07) is 0. The molecule has 13 heavy (non-hydrogen) atoms. The van der Waals surface area contributed by atoms with Gasteiger partial charge in [0, 0.05) is 13.1 Å². The molecule has 0 radical (unpaired) electrons. The van der Waals surface area contributed by atoms with Crippen molar-refractivity contribution in [2.45, 2.75) is 33.1 Å². The Morgan fingerprint density at radius 3 is 2.38 bits per heavy atom. The van der Waals surface area contributed by atoms with Gasteiger partial charge in [-0.05, 0) is 31.3 Å². The molecule has 1 rings (SSSR count). The molecule has 2 nitrogen and oxygen atoms in total. The summed E-state index contributed by atoms with van der Waals surface area (Å²) >= 11 is 0. The molecule has 0 bridgehead atoms. The molecule has 0 atom stereocenters. The number of likely N-dealkylation sites (tertiary alicyclic amines) is 1. The van der Waals surface area contributed by atoms with Gasteiger partial charge in [-0.1, -0.05) is 19.9 Å². The zero-order chi connectivity index (χ0) is 9.68. The molecule has 1 amide bonds. The lowest BCUT2D eigenvalue weighted by molar-refractivity contribution is -0.126. The molecule has 0 N–H and O–H groups in total. The van der Waals surface area contributed by atoms with Crippen molar-refractivity contribution in [2.24, 2.45) is 5.92 Å². The largest absolute Gasteiger partial charge is 0.339 e. The predicted octanol–water partition coefficient (Wildman–Crippen LogP) is 2.21. The van der Waals surface area contributed by atoms with Crippen molar-refractivity contribution >= 4 is 5.91 Å². The van der Waals surface area contributed by atoms with Crippen LogP contribution in [0.4, 0.5) is 0 Å². The van der Waals surface area contributed by atoms with E-state index in [1.807, 2.05) is 11.0 Å². The summed E-state index contributed by atoms with van der Waals surface area (Å²) < 4.78 is 0. The van der Waals surface area contributed by atoms with Crippen LogP contribution in [0.2, 0.25) is 0 Å². The minimum atomic E-state index is 0.188. The molecule has 1 heterocycles. The number of nitrogens with zero attached hydrogens (tertiary/aromatic N) is 1. The van der Waals surface area contributed by atoms with Gasteiger partial charge in [-0.2, -0.15) is 0 Å². The Hall–Kier alpha value is -0.790. The normalized spacial score (nSPS) is 18.5. The Morgan fingerprint density at radius 2 is 1.85 bits per heavy atom. The molecule has 1 saturated heterocycles. The maximum atomic E-state index is 11.5. The van der Waals surface area contributed by atoms with Gasteiger partial charge in [-0.15, -0.1) is 0 Å². The second kappa shape index (κ2) is 5.05. The molecule has 1 aliphatic rings. The molecular weight excluding hydrogens is 162 g/mol. The number of carbonyl (C=O) groups is 1. The summed E-state index contributed by atoms with van der Waals surface area (Å²) in [6.45, 7) is 6.06. The molecule has 0 aromatic rings. The molecular formula is C11H19NO. The molecule has 1 aliphatic heterocycles. The van der Waals surface area contributed by atoms with Gasteiger partial charge >= 0.3 is 0 Å². The summed E-state index contributed by atoms with van der Waals surface area (Å²) in [4.78, 5) is 13.5. The third-order valence-corrected chi connectivity index (χ3v) is 2.29. The molecule has 1 fully saturated rings. The smallest absolute Gasteiger partial charge is 0.246 e. The summed E-state index contributed by atoms with van der Waals surface area (Å²) in [6.07, 6.45) is 7.30. The van der Waals surface area contributed by atoms with Gasteiger partial charge in [0.1, 0.15) is 0 Å². The molecule has 0 spiro atoms. The summed E-state index contributed by atoms with van der Waals surface area (Å²) in [5.74, 6) is 0.655. The van der Waals surface area contributed by atoms with Crippen LogP contribution in [-0.2, 0) is 4.79 Å². The molecule has 0 unspecified atom stereocenters. The fourth-order valence-electron chi connectivity index (χ4n) is 1.49. The van der Waals surface area contributed by atoms with Gasteiger partial charge in [0.2, 0.25) is 5.91 Å². The van der Waals surface area contributed by atoms with Crippen molar-refractivity contribution in [1.29, 1.82) is 0 Å². The van der Waals surface area contributed by atoms with E-state index in [0.717, 1.165) is 13.1 Å². The highest BCUT2D eigenvalue weighted by Gasteiger charge is 2.13. The van der Waals surface area contributed by atoms with Crippen LogP contribution in [0, 0.1) is 5.92 Å². The van der Waals surface area contributed by atoms with Crippen LogP contribution >= 0.6 is 0 Å². The number of amides is 1. The van der Waals surface area contributed by atoms with Crippen LogP contribution in [0.3, 0.4) is 0 Å². The minimum Gasteiger partial charge on any atom is -0.339 e. The Labute approximate surface area is 80.6 Å². The number of allylic oxidation sites excluding steroid dienone is 1. The fraction of sp³-hybridized carbons (Fsp3) is 0.727. The van der Waals surface area contributed by atoms with E-state index in [1.54, 1.807) is 6.08 Å². The first kappa shape index (κ1) is 10.3. The van der Waals surface area contributed by atoms with E-state index in [2.05, 4.69) is 13.8 Å². The third kappa shape index (κ3) is 3.62. The van der Waals surface area contributed by atoms with Gasteiger partial charge in [0.25, 0.3) is 0 Å². The number of rotatable bonds is 2. The predicted molar refractivity (Wildman–Crippen MR) is 54.4 cm³/mol. The van der Waals surface area contributed by atoms with Crippen molar-refractivity contribution in [3.05, 3.63) is 12.2 Å². The Bertz CT molecular complexity index is 190. The van der Waals surface area contributed by atoms with E-state index in [0.29, 0.717) is 5.92 Å². The van der Waals surface area contributed by atoms with Gasteiger partial charge < -0.3 is 4.90 Å². The van der Waals surface area contributed by atoms with Crippen LogP contribution in [0.5, 0.6) is 0 Å². The second-order valence-corrected chi connectivity index (χ2v) is 3.99. The quantitative estimate of drug-likeness (QED) is 0.598. The molecule has 0 aromatic heterocycles. The van der Waals surface area contributed by atoms with E-state index < -0.39 is 0 Å². The third-order valence-electron chi connectivity index (χ3n) is 2.29. The van der Waals surface area contributed by atoms with Crippen LogP contribution in [-0.4, -0.2) is 23.9 Å². The minimum absolute atomic E-state index is 0.188. The molecule has 0 aromatic carbocycles. The Kier molecular flexibility index (Phi) is 4.00. The zero-order valence-corrected chi connectivity index (χ0v) is 8.62. The maximum absolute atomic E-state index is 11.5. The SMILES string of the molecule is CC(C)/C=C/C(=O)N1CCCCC1. The maximum Gasteiger partial charge on any atom is 0.246 e. The average molecular weight is 181 g/mol. The number of hydrogen-bond acceptors (Lipinski definition) is 1. The monoisotopic (exact) mass is 181 g/mol. The standard InChI is InChI=1S/C11H19NO/c1-10(2)6-7-11(13)12-8-4-3-5-9-12/h6-7,10H,3-5,8-9H2,1-2H3/b7-6+. The van der Waals surface area contributed by atoms with Crippen molar-refractivity contribution in [2.75, 3.05) is 13.1 Å². The van der Waals surface area contributed by atoms with E-state index in [9.17, 15) is 4.79 Å². The van der Waals surface area contributed by atoms with Crippen molar-refractivity contribution < 1.29 is 4.79 Å². The van der Waals surface area contributed by atoms with Crippen molar-refractivity contribution in [1.82, 2.24) is 4.90 Å². The van der Waals surface area contributed by atoms with Crippen LogP contribution < -0.4 is 0 Å². The highest BCUT2D eigenvalue weighted by atomic mass is 16.2. The van der Waals surface area contributed by atoms with E-state index in [-0.39, 0.29) is 5.91 Å². The Balaban J connectivity index is 2.37. The highest BCUT2D eigenvalue weighted by Crippen LogP contribution is 2.09. The molecule has 2 heteroatoms. The fourth-order valence-corrected chi connectivity index (χ4v) is 1.49. The first-order chi connectivity index (χ1) is 6.20. The average Bonchev–Trinajstić information content (AvgIpc) is 2.15. The molecule has 0 saturated carbocycles. The van der Waals surface area contributed by atoms with Crippen LogP contribution in [0.15, 0.2) is 12.2 Å². The lowest BCUT2D eigenvalue weighted by Gasteiger charge is -2.25. The molecule has 74 valence electrons. The topological polar surface area (TPSA) is 20.3 Å². The lowest BCUT2D eigenvalue weighted by atomic mass is 10.1. The van der Waals surface area contributed by atoms with Gasteiger partial charge in [0.05, 0.1) is 0 Å².